The highest BCUT2D eigenvalue weighted by atomic mass is 79.9. The van der Waals surface area contributed by atoms with Gasteiger partial charge >= 0.3 is 0 Å². The van der Waals surface area contributed by atoms with Crippen LogP contribution in [-0.4, -0.2) is 52.8 Å². The molecule has 1 fully saturated rings. The molecule has 25 heavy (non-hydrogen) atoms. The first kappa shape index (κ1) is 16.6. The normalized spacial score (nSPS) is 16.4. The summed E-state index contributed by atoms with van der Waals surface area (Å²) in [5.41, 5.74) is 3.16. The van der Waals surface area contributed by atoms with Crippen LogP contribution in [0.3, 0.4) is 0 Å². The van der Waals surface area contributed by atoms with E-state index in [1.54, 1.807) is 6.26 Å². The zero-order valence-electron chi connectivity index (χ0n) is 14.2. The molecule has 0 saturated carbocycles. The van der Waals surface area contributed by atoms with Crippen LogP contribution < -0.4 is 0 Å². The number of furan rings is 1. The molecule has 0 unspecified atom stereocenters. The Bertz CT molecular complexity index is 818. The number of benzene rings is 1. The van der Waals surface area contributed by atoms with Crippen molar-refractivity contribution >= 4 is 15.9 Å². The zero-order valence-corrected chi connectivity index (χ0v) is 15.8. The first-order valence-corrected chi connectivity index (χ1v) is 9.27. The maximum Gasteiger partial charge on any atom is 0.154 e. The molecule has 3 heterocycles. The van der Waals surface area contributed by atoms with Crippen molar-refractivity contribution in [2.24, 2.45) is 0 Å². The van der Waals surface area contributed by atoms with Crippen molar-refractivity contribution in [1.29, 1.82) is 0 Å². The molecule has 3 aromatic rings. The van der Waals surface area contributed by atoms with E-state index in [1.807, 2.05) is 28.9 Å². The summed E-state index contributed by atoms with van der Waals surface area (Å²) in [7, 11) is 2.18. The molecule has 0 aliphatic carbocycles. The summed E-state index contributed by atoms with van der Waals surface area (Å²) in [5, 5.41) is 4.80. The predicted octanol–water partition coefficient (Wildman–Crippen LogP) is 3.64. The summed E-state index contributed by atoms with van der Waals surface area (Å²) in [5.74, 6) is 0.819. The lowest BCUT2D eigenvalue weighted by Crippen LogP contribution is -2.43. The van der Waals surface area contributed by atoms with Crippen molar-refractivity contribution < 1.29 is 4.42 Å². The summed E-state index contributed by atoms with van der Waals surface area (Å²) >= 11 is 3.48. The topological polar surface area (TPSA) is 37.4 Å². The Morgan fingerprint density at radius 3 is 2.52 bits per heavy atom. The highest BCUT2D eigenvalue weighted by Gasteiger charge is 2.19. The second kappa shape index (κ2) is 7.15. The van der Waals surface area contributed by atoms with Gasteiger partial charge in [0.25, 0.3) is 0 Å². The van der Waals surface area contributed by atoms with Crippen molar-refractivity contribution in [3.8, 4) is 17.1 Å². The number of rotatable bonds is 4. The average Bonchev–Trinajstić information content (AvgIpc) is 3.27. The maximum absolute atomic E-state index is 5.62. The van der Waals surface area contributed by atoms with E-state index in [1.165, 1.54) is 5.56 Å². The SMILES string of the molecule is CN1CCN(Cc2cn(-c3ccc(Br)cc3)nc2-c2ccco2)CC1. The summed E-state index contributed by atoms with van der Waals surface area (Å²) < 4.78 is 8.63. The Morgan fingerprint density at radius 2 is 1.84 bits per heavy atom. The van der Waals surface area contributed by atoms with Crippen LogP contribution >= 0.6 is 15.9 Å². The predicted molar refractivity (Wildman–Crippen MR) is 102 cm³/mol. The minimum absolute atomic E-state index is 0.819. The molecule has 0 atom stereocenters. The molecule has 1 saturated heterocycles. The average molecular weight is 401 g/mol. The van der Waals surface area contributed by atoms with E-state index in [0.717, 1.165) is 54.3 Å². The quantitative estimate of drug-likeness (QED) is 0.669. The van der Waals surface area contributed by atoms with Crippen molar-refractivity contribution in [2.45, 2.75) is 6.54 Å². The fourth-order valence-electron chi connectivity index (χ4n) is 3.12. The molecule has 130 valence electrons. The van der Waals surface area contributed by atoms with Gasteiger partial charge in [-0.1, -0.05) is 15.9 Å². The second-order valence-corrected chi connectivity index (χ2v) is 7.40. The molecule has 1 aromatic carbocycles. The zero-order chi connectivity index (χ0) is 17.2. The molecule has 0 spiro atoms. The molecule has 0 bridgehead atoms. The Balaban J connectivity index is 1.65. The molecule has 0 amide bonds. The molecule has 1 aliphatic rings. The fourth-order valence-corrected chi connectivity index (χ4v) is 3.38. The lowest BCUT2D eigenvalue weighted by Gasteiger charge is -2.32. The fraction of sp³-hybridized carbons (Fsp3) is 0.316. The van der Waals surface area contributed by atoms with Crippen LogP contribution in [0.15, 0.2) is 57.7 Å². The summed E-state index contributed by atoms with van der Waals surface area (Å²) in [6.45, 7) is 5.27. The van der Waals surface area contributed by atoms with Gasteiger partial charge in [0.1, 0.15) is 5.69 Å². The van der Waals surface area contributed by atoms with E-state index in [4.69, 9.17) is 9.52 Å². The van der Waals surface area contributed by atoms with Gasteiger partial charge in [0.2, 0.25) is 0 Å². The van der Waals surface area contributed by atoms with Gasteiger partial charge in [0.05, 0.1) is 12.0 Å². The van der Waals surface area contributed by atoms with E-state index in [2.05, 4.69) is 51.1 Å². The van der Waals surface area contributed by atoms with Crippen LogP contribution in [0.5, 0.6) is 0 Å². The van der Waals surface area contributed by atoms with E-state index >= 15 is 0 Å². The second-order valence-electron chi connectivity index (χ2n) is 6.48. The highest BCUT2D eigenvalue weighted by molar-refractivity contribution is 9.10. The summed E-state index contributed by atoms with van der Waals surface area (Å²) in [4.78, 5) is 4.85. The van der Waals surface area contributed by atoms with Gasteiger partial charge in [0.15, 0.2) is 5.76 Å². The van der Waals surface area contributed by atoms with Crippen molar-refractivity contribution in [3.05, 3.63) is 58.9 Å². The van der Waals surface area contributed by atoms with Crippen LogP contribution in [0.1, 0.15) is 5.56 Å². The minimum atomic E-state index is 0.819. The van der Waals surface area contributed by atoms with Gasteiger partial charge in [-0.3, -0.25) is 4.90 Å². The highest BCUT2D eigenvalue weighted by Crippen LogP contribution is 2.26. The van der Waals surface area contributed by atoms with Gasteiger partial charge in [-0.05, 0) is 43.4 Å². The van der Waals surface area contributed by atoms with Gasteiger partial charge in [-0.25, -0.2) is 4.68 Å². The maximum atomic E-state index is 5.62. The molecule has 5 nitrogen and oxygen atoms in total. The number of aromatic nitrogens is 2. The number of nitrogens with zero attached hydrogens (tertiary/aromatic N) is 4. The molecule has 4 rings (SSSR count). The Morgan fingerprint density at radius 1 is 1.08 bits per heavy atom. The lowest BCUT2D eigenvalue weighted by molar-refractivity contribution is 0.148. The van der Waals surface area contributed by atoms with Crippen molar-refractivity contribution in [1.82, 2.24) is 19.6 Å². The molecule has 1 aliphatic heterocycles. The standard InChI is InChI=1S/C19H21BrN4O/c1-22-8-10-23(11-9-22)13-15-14-24(17-6-4-16(20)5-7-17)21-19(15)18-3-2-12-25-18/h2-7,12,14H,8-11,13H2,1H3. The Kier molecular flexibility index (Phi) is 4.74. The molecular formula is C19H21BrN4O. The molecule has 0 N–H and O–H groups in total. The van der Waals surface area contributed by atoms with Crippen LogP contribution in [0.25, 0.3) is 17.1 Å². The lowest BCUT2D eigenvalue weighted by atomic mass is 10.2. The van der Waals surface area contributed by atoms with Gasteiger partial charge in [-0.2, -0.15) is 5.10 Å². The summed E-state index contributed by atoms with van der Waals surface area (Å²) in [6.07, 6.45) is 3.83. The number of piperazine rings is 1. The third kappa shape index (κ3) is 3.71. The van der Waals surface area contributed by atoms with Gasteiger partial charge in [0, 0.05) is 49.0 Å². The number of likely N-dealkylation sites (N-methyl/N-ethyl adjacent to an activating group) is 1. The Labute approximate surface area is 156 Å². The Hall–Kier alpha value is -1.89. The third-order valence-electron chi connectivity index (χ3n) is 4.63. The van der Waals surface area contributed by atoms with Crippen molar-refractivity contribution in [3.63, 3.8) is 0 Å². The van der Waals surface area contributed by atoms with Crippen LogP contribution in [0, 0.1) is 0 Å². The van der Waals surface area contributed by atoms with E-state index in [0.29, 0.717) is 0 Å². The van der Waals surface area contributed by atoms with Gasteiger partial charge < -0.3 is 9.32 Å². The smallest absolute Gasteiger partial charge is 0.154 e. The molecule has 0 radical (unpaired) electrons. The first-order chi connectivity index (χ1) is 12.2. The molecule has 2 aromatic heterocycles. The monoisotopic (exact) mass is 400 g/mol. The number of halogens is 1. The van der Waals surface area contributed by atoms with E-state index in [-0.39, 0.29) is 0 Å². The molecular weight excluding hydrogens is 380 g/mol. The van der Waals surface area contributed by atoms with E-state index < -0.39 is 0 Å². The van der Waals surface area contributed by atoms with E-state index in [9.17, 15) is 0 Å². The van der Waals surface area contributed by atoms with Crippen LogP contribution in [-0.2, 0) is 6.54 Å². The largest absolute Gasteiger partial charge is 0.463 e. The number of hydrogen-bond acceptors (Lipinski definition) is 4. The third-order valence-corrected chi connectivity index (χ3v) is 5.15. The van der Waals surface area contributed by atoms with Crippen LogP contribution in [0.2, 0.25) is 0 Å². The van der Waals surface area contributed by atoms with Gasteiger partial charge in [-0.15, -0.1) is 0 Å². The summed E-state index contributed by atoms with van der Waals surface area (Å²) in [6, 6.07) is 12.1. The number of hydrogen-bond donors (Lipinski definition) is 0. The minimum Gasteiger partial charge on any atom is -0.463 e. The first-order valence-electron chi connectivity index (χ1n) is 8.48. The van der Waals surface area contributed by atoms with Crippen LogP contribution in [0.4, 0.5) is 0 Å². The molecule has 6 heteroatoms. The van der Waals surface area contributed by atoms with Crippen molar-refractivity contribution in [2.75, 3.05) is 33.2 Å².